The van der Waals surface area contributed by atoms with Gasteiger partial charge in [-0.05, 0) is 49.3 Å². The molecule has 0 aliphatic heterocycles. The molecule has 1 fully saturated rings. The maximum atomic E-state index is 5.23. The molecule has 2 aliphatic carbocycles. The summed E-state index contributed by atoms with van der Waals surface area (Å²) in [5, 5.41) is 4.80. The molecule has 1 atom stereocenters. The summed E-state index contributed by atoms with van der Waals surface area (Å²) in [5.74, 6) is 4.31. The predicted molar refractivity (Wildman–Crippen MR) is 89.7 cm³/mol. The van der Waals surface area contributed by atoms with Gasteiger partial charge in [0, 0.05) is 12.3 Å². The van der Waals surface area contributed by atoms with Gasteiger partial charge in [-0.3, -0.25) is 0 Å². The van der Waals surface area contributed by atoms with E-state index < -0.39 is 0 Å². The van der Waals surface area contributed by atoms with E-state index in [0.29, 0.717) is 11.8 Å². The minimum absolute atomic E-state index is 0.602. The van der Waals surface area contributed by atoms with Crippen LogP contribution < -0.4 is 4.74 Å². The van der Waals surface area contributed by atoms with Gasteiger partial charge in [0.05, 0.1) is 13.7 Å². The lowest BCUT2D eigenvalue weighted by Gasteiger charge is -2.10. The van der Waals surface area contributed by atoms with Gasteiger partial charge in [-0.25, -0.2) is 9.67 Å². The van der Waals surface area contributed by atoms with Gasteiger partial charge in [-0.15, -0.1) is 0 Å². The van der Waals surface area contributed by atoms with E-state index in [9.17, 15) is 0 Å². The van der Waals surface area contributed by atoms with Crippen molar-refractivity contribution in [2.45, 2.75) is 44.6 Å². The number of aromatic nitrogens is 3. The first-order chi connectivity index (χ1) is 11.3. The molecule has 0 amide bonds. The molecule has 0 N–H and O–H groups in total. The molecule has 1 heterocycles. The van der Waals surface area contributed by atoms with Gasteiger partial charge in [-0.2, -0.15) is 5.10 Å². The van der Waals surface area contributed by atoms with E-state index in [1.165, 1.54) is 31.2 Å². The zero-order chi connectivity index (χ0) is 15.6. The Morgan fingerprint density at radius 2 is 2.00 bits per heavy atom. The average Bonchev–Trinajstić information content (AvgIpc) is 3.17. The molecule has 4 rings (SSSR count). The topological polar surface area (TPSA) is 39.9 Å². The van der Waals surface area contributed by atoms with Crippen LogP contribution in [0.2, 0.25) is 0 Å². The maximum Gasteiger partial charge on any atom is 0.154 e. The molecular weight excluding hydrogens is 286 g/mol. The summed E-state index contributed by atoms with van der Waals surface area (Å²) in [6.07, 6.45) is 10.6. The Morgan fingerprint density at radius 3 is 2.65 bits per heavy atom. The second-order valence-corrected chi connectivity index (χ2v) is 6.64. The number of hydrogen-bond donors (Lipinski definition) is 0. The van der Waals surface area contributed by atoms with Gasteiger partial charge < -0.3 is 4.74 Å². The number of benzene rings is 1. The summed E-state index contributed by atoms with van der Waals surface area (Å²) in [6, 6.07) is 8.23. The Bertz CT molecular complexity index is 698. The zero-order valence-electron chi connectivity index (χ0n) is 13.6. The summed E-state index contributed by atoms with van der Waals surface area (Å²) >= 11 is 0. The maximum absolute atomic E-state index is 5.23. The molecule has 0 radical (unpaired) electrons. The van der Waals surface area contributed by atoms with Gasteiger partial charge in [-0.1, -0.05) is 24.3 Å². The van der Waals surface area contributed by atoms with Crippen LogP contribution >= 0.6 is 0 Å². The van der Waals surface area contributed by atoms with Crippen molar-refractivity contribution in [1.82, 2.24) is 14.8 Å². The first-order valence-corrected chi connectivity index (χ1v) is 8.55. The minimum atomic E-state index is 0.602. The summed E-state index contributed by atoms with van der Waals surface area (Å²) in [6.45, 7) is 0.787. The third-order valence-electron chi connectivity index (χ3n) is 4.76. The average molecular weight is 309 g/mol. The second-order valence-electron chi connectivity index (χ2n) is 6.64. The molecule has 0 saturated heterocycles. The minimum Gasteiger partial charge on any atom is -0.497 e. The molecule has 4 heteroatoms. The largest absolute Gasteiger partial charge is 0.497 e. The van der Waals surface area contributed by atoms with Crippen LogP contribution in [-0.4, -0.2) is 21.9 Å². The monoisotopic (exact) mass is 309 g/mol. The number of nitrogens with zero attached hydrogens (tertiary/aromatic N) is 3. The van der Waals surface area contributed by atoms with E-state index in [1.807, 2.05) is 12.1 Å². The van der Waals surface area contributed by atoms with E-state index in [0.717, 1.165) is 30.4 Å². The third kappa shape index (κ3) is 3.31. The van der Waals surface area contributed by atoms with Crippen molar-refractivity contribution in [2.24, 2.45) is 5.92 Å². The summed E-state index contributed by atoms with van der Waals surface area (Å²) in [4.78, 5) is 4.86. The van der Waals surface area contributed by atoms with Gasteiger partial charge in [0.15, 0.2) is 5.82 Å². The Kier molecular flexibility index (Phi) is 3.90. The lowest BCUT2D eigenvalue weighted by molar-refractivity contribution is 0.414. The number of hydrogen-bond acceptors (Lipinski definition) is 3. The summed E-state index contributed by atoms with van der Waals surface area (Å²) < 4.78 is 7.35. The lowest BCUT2D eigenvalue weighted by Crippen LogP contribution is -2.10. The van der Waals surface area contributed by atoms with Crippen LogP contribution in [0.25, 0.3) is 0 Å². The van der Waals surface area contributed by atoms with Crippen molar-refractivity contribution >= 4 is 0 Å². The standard InChI is InChI=1S/C19H23N3O/c1-23-17-10-6-15(7-11-17)13-22-18(12-14-4-2-3-5-14)20-19(21-22)16-8-9-16/h2,4,6-7,10-11,14,16H,3,5,8-9,12-13H2,1H3/t14-/m0/s1. The predicted octanol–water partition coefficient (Wildman–Crippen LogP) is 3.72. The quantitative estimate of drug-likeness (QED) is 0.764. The fourth-order valence-electron chi connectivity index (χ4n) is 3.19. The van der Waals surface area contributed by atoms with Crippen LogP contribution in [0.3, 0.4) is 0 Å². The van der Waals surface area contributed by atoms with E-state index in [-0.39, 0.29) is 0 Å². The molecule has 120 valence electrons. The molecule has 0 bridgehead atoms. The lowest BCUT2D eigenvalue weighted by atomic mass is 10.1. The zero-order valence-corrected chi connectivity index (χ0v) is 13.6. The highest BCUT2D eigenvalue weighted by molar-refractivity contribution is 5.27. The first kappa shape index (κ1) is 14.5. The molecule has 2 aliphatic rings. The fraction of sp³-hybridized carbons (Fsp3) is 0.474. The highest BCUT2D eigenvalue weighted by Crippen LogP contribution is 2.38. The number of rotatable bonds is 6. The third-order valence-corrected chi connectivity index (χ3v) is 4.76. The SMILES string of the molecule is COc1ccc(Cn2nc(C3CC3)nc2C[C@H]2C=CCC2)cc1. The molecule has 0 spiro atoms. The van der Waals surface area contributed by atoms with Crippen molar-refractivity contribution in [3.63, 3.8) is 0 Å². The molecule has 1 aromatic heterocycles. The van der Waals surface area contributed by atoms with Gasteiger partial charge in [0.1, 0.15) is 11.6 Å². The van der Waals surface area contributed by atoms with Crippen molar-refractivity contribution in [2.75, 3.05) is 7.11 Å². The number of allylic oxidation sites excluding steroid dienone is 2. The van der Waals surface area contributed by atoms with Crippen LogP contribution in [0, 0.1) is 5.92 Å². The molecule has 1 saturated carbocycles. The summed E-state index contributed by atoms with van der Waals surface area (Å²) in [5.41, 5.74) is 1.24. The van der Waals surface area contributed by atoms with Gasteiger partial charge >= 0.3 is 0 Å². The Hall–Kier alpha value is -2.10. The van der Waals surface area contributed by atoms with E-state index in [1.54, 1.807) is 7.11 Å². The van der Waals surface area contributed by atoms with Crippen LogP contribution in [0.4, 0.5) is 0 Å². The van der Waals surface area contributed by atoms with Crippen molar-refractivity contribution in [3.05, 3.63) is 53.6 Å². The number of methoxy groups -OCH3 is 1. The van der Waals surface area contributed by atoms with Crippen molar-refractivity contribution in [1.29, 1.82) is 0 Å². The van der Waals surface area contributed by atoms with Crippen LogP contribution in [0.1, 0.15) is 48.8 Å². The van der Waals surface area contributed by atoms with Crippen LogP contribution in [0.15, 0.2) is 36.4 Å². The molecule has 4 nitrogen and oxygen atoms in total. The molecular formula is C19H23N3O. The van der Waals surface area contributed by atoms with E-state index >= 15 is 0 Å². The van der Waals surface area contributed by atoms with Crippen LogP contribution in [0.5, 0.6) is 5.75 Å². The molecule has 2 aromatic rings. The Morgan fingerprint density at radius 1 is 1.17 bits per heavy atom. The Balaban J connectivity index is 1.55. The number of ether oxygens (including phenoxy) is 1. The van der Waals surface area contributed by atoms with Gasteiger partial charge in [0.2, 0.25) is 0 Å². The second kappa shape index (κ2) is 6.19. The highest BCUT2D eigenvalue weighted by atomic mass is 16.5. The van der Waals surface area contributed by atoms with Gasteiger partial charge in [0.25, 0.3) is 0 Å². The van der Waals surface area contributed by atoms with E-state index in [2.05, 4.69) is 29.0 Å². The molecule has 1 aromatic carbocycles. The smallest absolute Gasteiger partial charge is 0.154 e. The van der Waals surface area contributed by atoms with Crippen molar-refractivity contribution < 1.29 is 4.74 Å². The summed E-state index contributed by atoms with van der Waals surface area (Å²) in [7, 11) is 1.70. The molecule has 23 heavy (non-hydrogen) atoms. The van der Waals surface area contributed by atoms with Crippen LogP contribution in [-0.2, 0) is 13.0 Å². The molecule has 0 unspecified atom stereocenters. The van der Waals surface area contributed by atoms with E-state index in [4.69, 9.17) is 14.8 Å². The Labute approximate surface area is 137 Å². The highest BCUT2D eigenvalue weighted by Gasteiger charge is 2.29. The fourth-order valence-corrected chi connectivity index (χ4v) is 3.19. The first-order valence-electron chi connectivity index (χ1n) is 8.55. The normalized spacial score (nSPS) is 20.1. The van der Waals surface area contributed by atoms with Crippen molar-refractivity contribution in [3.8, 4) is 5.75 Å².